The number of aryl methyl sites for hydroxylation is 1. The zero-order valence-electron chi connectivity index (χ0n) is 23.9. The Balaban J connectivity index is 1.25. The summed E-state index contributed by atoms with van der Waals surface area (Å²) in [6.45, 7) is 0. The highest BCUT2D eigenvalue weighted by Gasteiger charge is 2.23. The van der Waals surface area contributed by atoms with Crippen molar-refractivity contribution in [2.24, 2.45) is 0 Å². The molecule has 0 unspecified atom stereocenters. The van der Waals surface area contributed by atoms with E-state index < -0.39 is 0 Å². The average molecular weight is 551 g/mol. The lowest BCUT2D eigenvalue weighted by Crippen LogP contribution is -2.07. The van der Waals surface area contributed by atoms with Crippen LogP contribution >= 0.6 is 0 Å². The monoisotopic (exact) mass is 550 g/mol. The van der Waals surface area contributed by atoms with Crippen LogP contribution in [-0.2, 0) is 12.8 Å². The molecule has 8 aromatic rings. The Labute approximate surface area is 250 Å². The second-order valence-electron chi connectivity index (χ2n) is 11.8. The van der Waals surface area contributed by atoms with E-state index in [1.807, 2.05) is 0 Å². The van der Waals surface area contributed by atoms with Crippen LogP contribution in [0.5, 0.6) is 0 Å². The molecular formula is C41H30N2. The molecule has 0 bridgehead atoms. The topological polar surface area (TPSA) is 17.8 Å². The van der Waals surface area contributed by atoms with Crippen LogP contribution in [0.4, 0.5) is 0 Å². The molecule has 0 amide bonds. The van der Waals surface area contributed by atoms with Crippen LogP contribution in [0, 0.1) is 0 Å². The van der Waals surface area contributed by atoms with Crippen LogP contribution in [0.3, 0.4) is 0 Å². The Morgan fingerprint density at radius 3 is 2.14 bits per heavy atom. The maximum atomic E-state index is 5.16. The summed E-state index contributed by atoms with van der Waals surface area (Å²) in [5.74, 6) is 0. The molecule has 0 spiro atoms. The molecular weight excluding hydrogens is 520 g/mol. The molecule has 0 aliphatic heterocycles. The molecule has 9 rings (SSSR count). The van der Waals surface area contributed by atoms with E-state index in [9.17, 15) is 0 Å². The van der Waals surface area contributed by atoms with E-state index in [2.05, 4.69) is 138 Å². The largest absolute Gasteiger partial charge is 0.312 e. The maximum Gasteiger partial charge on any atom is 0.0718 e. The number of hydrogen-bond donors (Lipinski definition) is 0. The summed E-state index contributed by atoms with van der Waals surface area (Å²) in [6.07, 6.45) is 6.79. The average Bonchev–Trinajstić information content (AvgIpc) is 3.41. The van der Waals surface area contributed by atoms with Gasteiger partial charge in [-0.05, 0) is 99.0 Å². The fourth-order valence-corrected chi connectivity index (χ4v) is 7.44. The number of fused-ring (bicyclic) bond motifs is 7. The van der Waals surface area contributed by atoms with Crippen molar-refractivity contribution in [2.75, 3.05) is 0 Å². The van der Waals surface area contributed by atoms with E-state index in [1.165, 1.54) is 89.7 Å². The van der Waals surface area contributed by atoms with Crippen molar-refractivity contribution < 1.29 is 0 Å². The van der Waals surface area contributed by atoms with Crippen molar-refractivity contribution in [3.63, 3.8) is 0 Å². The first-order valence-corrected chi connectivity index (χ1v) is 15.4. The van der Waals surface area contributed by atoms with E-state index in [0.29, 0.717) is 0 Å². The minimum Gasteiger partial charge on any atom is -0.312 e. The molecule has 0 saturated heterocycles. The van der Waals surface area contributed by atoms with Crippen molar-refractivity contribution in [1.29, 1.82) is 0 Å². The first kappa shape index (κ1) is 24.4. The van der Waals surface area contributed by atoms with E-state index in [-0.39, 0.29) is 0 Å². The maximum absolute atomic E-state index is 5.16. The van der Waals surface area contributed by atoms with Gasteiger partial charge in [0.05, 0.1) is 17.4 Å². The van der Waals surface area contributed by atoms with Gasteiger partial charge in [-0.15, -0.1) is 0 Å². The Hall–Kier alpha value is -5.21. The molecule has 2 heterocycles. The Kier molecular flexibility index (Phi) is 5.49. The Morgan fingerprint density at radius 1 is 0.512 bits per heavy atom. The minimum absolute atomic E-state index is 1.05. The predicted molar refractivity (Wildman–Crippen MR) is 181 cm³/mol. The summed E-state index contributed by atoms with van der Waals surface area (Å²) in [5, 5.41) is 8.97. The number of rotatable bonds is 3. The van der Waals surface area contributed by atoms with Gasteiger partial charge in [-0.25, -0.2) is 0 Å². The van der Waals surface area contributed by atoms with Gasteiger partial charge in [0, 0.05) is 22.3 Å². The molecule has 43 heavy (non-hydrogen) atoms. The summed E-state index contributed by atoms with van der Waals surface area (Å²) in [4.78, 5) is 5.16. The lowest BCUT2D eigenvalue weighted by atomic mass is 9.93. The van der Waals surface area contributed by atoms with Crippen LogP contribution in [0.15, 0.2) is 134 Å². The lowest BCUT2D eigenvalue weighted by molar-refractivity contribution is 0.667. The quantitative estimate of drug-likeness (QED) is 0.200. The SMILES string of the molecule is c1cc(-c2cccc3ccccc23)cc(-n2c3c(c4cc(-c5cc6ccccc6c6ccccc56)ncc42)CCCC3)c1. The van der Waals surface area contributed by atoms with E-state index >= 15 is 0 Å². The zero-order chi connectivity index (χ0) is 28.3. The fraction of sp³-hybridized carbons (Fsp3) is 0.0976. The molecule has 0 N–H and O–H groups in total. The van der Waals surface area contributed by atoms with Crippen molar-refractivity contribution in [2.45, 2.75) is 25.7 Å². The van der Waals surface area contributed by atoms with Gasteiger partial charge >= 0.3 is 0 Å². The number of nitrogens with zero attached hydrogens (tertiary/aromatic N) is 2. The van der Waals surface area contributed by atoms with Crippen LogP contribution in [0.25, 0.3) is 71.3 Å². The third-order valence-electron chi connectivity index (χ3n) is 9.41. The first-order valence-electron chi connectivity index (χ1n) is 15.4. The smallest absolute Gasteiger partial charge is 0.0718 e. The third kappa shape index (κ3) is 3.83. The molecule has 2 heteroatoms. The van der Waals surface area contributed by atoms with Crippen molar-refractivity contribution >= 4 is 43.2 Å². The van der Waals surface area contributed by atoms with Gasteiger partial charge in [0.1, 0.15) is 0 Å². The fourth-order valence-electron chi connectivity index (χ4n) is 7.44. The van der Waals surface area contributed by atoms with Crippen molar-refractivity contribution in [3.05, 3.63) is 145 Å². The van der Waals surface area contributed by atoms with Crippen molar-refractivity contribution in [1.82, 2.24) is 9.55 Å². The molecule has 0 fully saturated rings. The lowest BCUT2D eigenvalue weighted by Gasteiger charge is -2.17. The van der Waals surface area contributed by atoms with Crippen LogP contribution in [0.2, 0.25) is 0 Å². The number of pyridine rings is 1. The number of benzene rings is 6. The Bertz CT molecular complexity index is 2350. The minimum atomic E-state index is 1.05. The summed E-state index contributed by atoms with van der Waals surface area (Å²) >= 11 is 0. The molecule has 0 radical (unpaired) electrons. The second kappa shape index (κ2) is 9.68. The highest BCUT2D eigenvalue weighted by Crippen LogP contribution is 2.40. The third-order valence-corrected chi connectivity index (χ3v) is 9.41. The molecule has 0 atom stereocenters. The van der Waals surface area contributed by atoms with Gasteiger partial charge in [-0.2, -0.15) is 0 Å². The van der Waals surface area contributed by atoms with Gasteiger partial charge < -0.3 is 4.57 Å². The highest BCUT2D eigenvalue weighted by atomic mass is 15.0. The van der Waals surface area contributed by atoms with Crippen LogP contribution in [0.1, 0.15) is 24.1 Å². The molecule has 6 aromatic carbocycles. The Morgan fingerprint density at radius 2 is 1.23 bits per heavy atom. The summed E-state index contributed by atoms with van der Waals surface area (Å²) in [6, 6.07) is 46.5. The van der Waals surface area contributed by atoms with Crippen LogP contribution < -0.4 is 0 Å². The first-order chi connectivity index (χ1) is 21.3. The van der Waals surface area contributed by atoms with Gasteiger partial charge in [-0.1, -0.05) is 103 Å². The summed E-state index contributed by atoms with van der Waals surface area (Å²) in [7, 11) is 0. The molecule has 204 valence electrons. The van der Waals surface area contributed by atoms with E-state index in [1.54, 1.807) is 0 Å². The van der Waals surface area contributed by atoms with Crippen molar-refractivity contribution in [3.8, 4) is 28.1 Å². The molecule has 1 aliphatic carbocycles. The van der Waals surface area contributed by atoms with E-state index in [4.69, 9.17) is 4.98 Å². The predicted octanol–water partition coefficient (Wildman–Crippen LogP) is 10.7. The van der Waals surface area contributed by atoms with Gasteiger partial charge in [0.2, 0.25) is 0 Å². The molecule has 0 saturated carbocycles. The normalized spacial score (nSPS) is 13.2. The van der Waals surface area contributed by atoms with Gasteiger partial charge in [0.15, 0.2) is 0 Å². The van der Waals surface area contributed by atoms with Gasteiger partial charge in [-0.3, -0.25) is 4.98 Å². The van der Waals surface area contributed by atoms with Crippen LogP contribution in [-0.4, -0.2) is 9.55 Å². The highest BCUT2D eigenvalue weighted by molar-refractivity contribution is 6.13. The summed E-state index contributed by atoms with van der Waals surface area (Å²) < 4.78 is 2.49. The standard InChI is InChI=1S/C41H30N2/c1-3-16-31-27(11-1)13-10-21-32(31)28-14-9-15-30(23-28)43-40-22-8-7-20-36(40)38-25-39(42-26-41(38)43)37-24-29-12-2-4-17-33(29)34-18-5-6-19-35(34)37/h1-6,9-19,21,23-26H,7-8,20,22H2. The van der Waals surface area contributed by atoms with Gasteiger partial charge in [0.25, 0.3) is 0 Å². The number of hydrogen-bond acceptors (Lipinski definition) is 1. The molecule has 2 nitrogen and oxygen atoms in total. The zero-order valence-corrected chi connectivity index (χ0v) is 23.9. The second-order valence-corrected chi connectivity index (χ2v) is 11.8. The number of aromatic nitrogens is 2. The molecule has 1 aliphatic rings. The van der Waals surface area contributed by atoms with E-state index in [0.717, 1.165) is 18.5 Å². The molecule has 2 aromatic heterocycles. The summed E-state index contributed by atoms with van der Waals surface area (Å²) in [5.41, 5.74) is 10.1.